The van der Waals surface area contributed by atoms with E-state index in [0.29, 0.717) is 44.9 Å². The molecular formula is C24H19Br2NO4. The average Bonchev–Trinajstić information content (AvgIpc) is 3.22. The standard InChI is InChI=1S/C24H19Br2NO4/c1-14(28)9-15-10-19(25)23(20(26)11-15)31-17-7-8-22(29)18(12-17)24-27-21(13-30-24)16-5-3-2-4-6-16/h2-8,10-12,21,29H,9,13H2,1H3/t21-/m1/s1. The summed E-state index contributed by atoms with van der Waals surface area (Å²) >= 11 is 7.03. The number of ketones is 1. The highest BCUT2D eigenvalue weighted by Crippen LogP contribution is 2.39. The van der Waals surface area contributed by atoms with Gasteiger partial charge in [-0.2, -0.15) is 0 Å². The second kappa shape index (κ2) is 9.24. The van der Waals surface area contributed by atoms with Crippen molar-refractivity contribution in [2.24, 2.45) is 4.99 Å². The van der Waals surface area contributed by atoms with Gasteiger partial charge < -0.3 is 14.6 Å². The molecule has 1 aliphatic rings. The van der Waals surface area contributed by atoms with Crippen LogP contribution in [0.25, 0.3) is 0 Å². The minimum absolute atomic E-state index is 0.0646. The molecule has 0 amide bonds. The van der Waals surface area contributed by atoms with Crippen LogP contribution in [0, 0.1) is 0 Å². The fourth-order valence-electron chi connectivity index (χ4n) is 3.33. The Morgan fingerprint density at radius 1 is 1.13 bits per heavy atom. The van der Waals surface area contributed by atoms with E-state index < -0.39 is 0 Å². The maximum Gasteiger partial charge on any atom is 0.220 e. The Morgan fingerprint density at radius 3 is 2.52 bits per heavy atom. The second-order valence-corrected chi connectivity index (χ2v) is 8.93. The summed E-state index contributed by atoms with van der Waals surface area (Å²) in [7, 11) is 0. The van der Waals surface area contributed by atoms with Gasteiger partial charge in [-0.3, -0.25) is 4.79 Å². The summed E-state index contributed by atoms with van der Waals surface area (Å²) in [6.45, 7) is 1.97. The lowest BCUT2D eigenvalue weighted by molar-refractivity contribution is -0.116. The zero-order valence-electron chi connectivity index (χ0n) is 16.6. The van der Waals surface area contributed by atoms with E-state index in [2.05, 4.69) is 36.9 Å². The van der Waals surface area contributed by atoms with Crippen LogP contribution in [0.15, 0.2) is 74.6 Å². The molecule has 1 heterocycles. The van der Waals surface area contributed by atoms with Crippen molar-refractivity contribution >= 4 is 43.5 Å². The monoisotopic (exact) mass is 543 g/mol. The summed E-state index contributed by atoms with van der Waals surface area (Å²) < 4.78 is 13.3. The van der Waals surface area contributed by atoms with Crippen molar-refractivity contribution in [1.82, 2.24) is 0 Å². The summed E-state index contributed by atoms with van der Waals surface area (Å²) in [5, 5.41) is 10.4. The molecular weight excluding hydrogens is 526 g/mol. The minimum atomic E-state index is -0.114. The Hall–Kier alpha value is -2.64. The molecule has 4 rings (SSSR count). The number of carbonyl (C=O) groups is 1. The molecule has 0 aliphatic carbocycles. The van der Waals surface area contributed by atoms with Crippen LogP contribution in [-0.4, -0.2) is 23.4 Å². The molecule has 0 fully saturated rings. The van der Waals surface area contributed by atoms with Gasteiger partial charge in [0.15, 0.2) is 5.75 Å². The molecule has 0 spiro atoms. The van der Waals surface area contributed by atoms with Crippen molar-refractivity contribution in [1.29, 1.82) is 0 Å². The summed E-state index contributed by atoms with van der Waals surface area (Å²) in [6.07, 6.45) is 0.348. The van der Waals surface area contributed by atoms with E-state index in [1.54, 1.807) is 25.1 Å². The molecule has 0 saturated carbocycles. The summed E-state index contributed by atoms with van der Waals surface area (Å²) in [5.74, 6) is 1.62. The van der Waals surface area contributed by atoms with Crippen LogP contribution in [0.1, 0.15) is 29.7 Å². The number of Topliss-reactive ketones (excluding diaryl/α,β-unsaturated/α-hetero) is 1. The summed E-state index contributed by atoms with van der Waals surface area (Å²) in [4.78, 5) is 16.1. The molecule has 31 heavy (non-hydrogen) atoms. The molecule has 0 unspecified atom stereocenters. The van der Waals surface area contributed by atoms with E-state index in [-0.39, 0.29) is 17.6 Å². The topological polar surface area (TPSA) is 68.1 Å². The lowest BCUT2D eigenvalue weighted by atomic mass is 10.1. The van der Waals surface area contributed by atoms with Gasteiger partial charge in [0.05, 0.1) is 14.5 Å². The second-order valence-electron chi connectivity index (χ2n) is 7.22. The van der Waals surface area contributed by atoms with Crippen molar-refractivity contribution in [3.05, 3.63) is 86.3 Å². The molecule has 1 aliphatic heterocycles. The van der Waals surface area contributed by atoms with Crippen LogP contribution in [0.5, 0.6) is 17.2 Å². The quantitative estimate of drug-likeness (QED) is 0.392. The van der Waals surface area contributed by atoms with Gasteiger partial charge in [0.1, 0.15) is 29.9 Å². The van der Waals surface area contributed by atoms with Gasteiger partial charge in [0, 0.05) is 6.42 Å². The van der Waals surface area contributed by atoms with Gasteiger partial charge in [-0.25, -0.2) is 4.99 Å². The first-order chi connectivity index (χ1) is 14.9. The van der Waals surface area contributed by atoms with Crippen molar-refractivity contribution < 1.29 is 19.4 Å². The SMILES string of the molecule is CC(=O)Cc1cc(Br)c(Oc2ccc(O)c(C3=N[C@@H](c4ccccc4)CO3)c2)c(Br)c1. The summed E-state index contributed by atoms with van der Waals surface area (Å²) in [6, 6.07) is 18.4. The molecule has 3 aromatic rings. The molecule has 1 N–H and O–H groups in total. The first-order valence-electron chi connectivity index (χ1n) is 9.65. The third kappa shape index (κ3) is 4.99. The van der Waals surface area contributed by atoms with Gasteiger partial charge in [0.2, 0.25) is 5.90 Å². The molecule has 5 nitrogen and oxygen atoms in total. The number of benzene rings is 3. The number of rotatable bonds is 6. The van der Waals surface area contributed by atoms with Gasteiger partial charge in [-0.1, -0.05) is 30.3 Å². The van der Waals surface area contributed by atoms with Crippen LogP contribution in [0.2, 0.25) is 0 Å². The lowest BCUT2D eigenvalue weighted by Gasteiger charge is -2.13. The lowest BCUT2D eigenvalue weighted by Crippen LogP contribution is -2.02. The predicted molar refractivity (Wildman–Crippen MR) is 126 cm³/mol. The number of aliphatic imine (C=N–C) groups is 1. The normalized spacial score (nSPS) is 15.3. The number of hydrogen-bond acceptors (Lipinski definition) is 5. The van der Waals surface area contributed by atoms with E-state index in [1.807, 2.05) is 42.5 Å². The Morgan fingerprint density at radius 2 is 1.84 bits per heavy atom. The predicted octanol–water partition coefficient (Wildman–Crippen LogP) is 6.36. The Kier molecular flexibility index (Phi) is 6.43. The summed E-state index contributed by atoms with van der Waals surface area (Å²) in [5.41, 5.74) is 2.41. The van der Waals surface area contributed by atoms with Gasteiger partial charge >= 0.3 is 0 Å². The third-order valence-corrected chi connectivity index (χ3v) is 5.94. The zero-order chi connectivity index (χ0) is 22.0. The Labute approximate surface area is 197 Å². The smallest absolute Gasteiger partial charge is 0.220 e. The molecule has 0 aromatic heterocycles. The number of ether oxygens (including phenoxy) is 2. The van der Waals surface area contributed by atoms with Crippen LogP contribution in [0.3, 0.4) is 0 Å². The van der Waals surface area contributed by atoms with Crippen molar-refractivity contribution in [3.63, 3.8) is 0 Å². The third-order valence-electron chi connectivity index (χ3n) is 4.76. The van der Waals surface area contributed by atoms with E-state index in [9.17, 15) is 9.90 Å². The van der Waals surface area contributed by atoms with E-state index in [4.69, 9.17) is 9.47 Å². The largest absolute Gasteiger partial charge is 0.507 e. The van der Waals surface area contributed by atoms with Gasteiger partial charge in [-0.05, 0) is 80.2 Å². The minimum Gasteiger partial charge on any atom is -0.507 e. The number of carbonyl (C=O) groups excluding carboxylic acids is 1. The van der Waals surface area contributed by atoms with Crippen LogP contribution in [-0.2, 0) is 16.0 Å². The Balaban J connectivity index is 1.60. The molecule has 0 saturated heterocycles. The van der Waals surface area contributed by atoms with E-state index in [1.165, 1.54) is 0 Å². The fourth-order valence-corrected chi connectivity index (χ4v) is 4.78. The highest BCUT2D eigenvalue weighted by molar-refractivity contribution is 9.11. The van der Waals surface area contributed by atoms with E-state index >= 15 is 0 Å². The zero-order valence-corrected chi connectivity index (χ0v) is 19.8. The van der Waals surface area contributed by atoms with E-state index in [0.717, 1.165) is 11.1 Å². The highest BCUT2D eigenvalue weighted by Gasteiger charge is 2.24. The van der Waals surface area contributed by atoms with Crippen molar-refractivity contribution in [3.8, 4) is 17.2 Å². The number of phenols is 1. The molecule has 1 atom stereocenters. The number of phenolic OH excluding ortho intramolecular Hbond substituents is 1. The average molecular weight is 545 g/mol. The number of hydrogen-bond donors (Lipinski definition) is 1. The maximum absolute atomic E-state index is 11.4. The van der Waals surface area contributed by atoms with Crippen LogP contribution >= 0.6 is 31.9 Å². The Bertz CT molecular complexity index is 1140. The molecule has 3 aromatic carbocycles. The van der Waals surface area contributed by atoms with Crippen LogP contribution in [0.4, 0.5) is 0 Å². The van der Waals surface area contributed by atoms with Gasteiger partial charge in [0.25, 0.3) is 0 Å². The molecule has 7 heteroatoms. The number of aromatic hydroxyl groups is 1. The first-order valence-corrected chi connectivity index (χ1v) is 11.2. The molecule has 0 radical (unpaired) electrons. The first kappa shape index (κ1) is 21.6. The highest BCUT2D eigenvalue weighted by atomic mass is 79.9. The maximum atomic E-state index is 11.4. The van der Waals surface area contributed by atoms with Crippen LogP contribution < -0.4 is 4.74 Å². The number of nitrogens with zero attached hydrogens (tertiary/aromatic N) is 1. The van der Waals surface area contributed by atoms with Gasteiger partial charge in [-0.15, -0.1) is 0 Å². The van der Waals surface area contributed by atoms with Crippen molar-refractivity contribution in [2.45, 2.75) is 19.4 Å². The van der Waals surface area contributed by atoms with Crippen molar-refractivity contribution in [2.75, 3.05) is 6.61 Å². The number of halogens is 2. The fraction of sp³-hybridized carbons (Fsp3) is 0.167. The molecule has 0 bridgehead atoms. The molecule has 158 valence electrons.